The van der Waals surface area contributed by atoms with Crippen LogP contribution >= 0.6 is 0 Å². The van der Waals surface area contributed by atoms with Crippen molar-refractivity contribution in [3.05, 3.63) is 58.7 Å². The Kier molecular flexibility index (Phi) is 5.66. The average Bonchev–Trinajstić information content (AvgIpc) is 3.14. The predicted octanol–water partition coefficient (Wildman–Crippen LogP) is 6.26. The molecule has 0 N–H and O–H groups in total. The lowest BCUT2D eigenvalue weighted by atomic mass is 9.78. The zero-order chi connectivity index (χ0) is 24.3. The molecule has 4 nitrogen and oxygen atoms in total. The molecule has 2 bridgehead atoms. The molecular weight excluding hydrogens is 412 g/mol. The van der Waals surface area contributed by atoms with Gasteiger partial charge in [-0.3, -0.25) is 0 Å². The van der Waals surface area contributed by atoms with Gasteiger partial charge >= 0.3 is 11.9 Å². The molecule has 4 aliphatic carbocycles. The largest absolute Gasteiger partial charge is 0.451 e. The van der Waals surface area contributed by atoms with E-state index in [4.69, 9.17) is 9.47 Å². The molecule has 0 saturated heterocycles. The highest BCUT2D eigenvalue weighted by atomic mass is 16.6. The summed E-state index contributed by atoms with van der Waals surface area (Å²) >= 11 is 0. The van der Waals surface area contributed by atoms with Crippen LogP contribution in [0.15, 0.2) is 58.7 Å². The maximum absolute atomic E-state index is 13.7. The van der Waals surface area contributed by atoms with Gasteiger partial charge in [0.1, 0.15) is 11.2 Å². The molecule has 33 heavy (non-hydrogen) atoms. The molecule has 0 radical (unpaired) electrons. The van der Waals surface area contributed by atoms with Crippen LogP contribution in [0.1, 0.15) is 68.2 Å². The number of hydrogen-bond acceptors (Lipinski definition) is 4. The minimum atomic E-state index is -0.737. The molecule has 1 fully saturated rings. The molecule has 4 rings (SSSR count). The molecule has 0 heterocycles. The van der Waals surface area contributed by atoms with Crippen molar-refractivity contribution in [3.63, 3.8) is 0 Å². The maximum atomic E-state index is 13.7. The van der Waals surface area contributed by atoms with Gasteiger partial charge < -0.3 is 9.47 Å². The van der Waals surface area contributed by atoms with Crippen LogP contribution in [0.25, 0.3) is 0 Å². The number of hydrogen-bond donors (Lipinski definition) is 0. The van der Waals surface area contributed by atoms with E-state index in [9.17, 15) is 9.59 Å². The maximum Gasteiger partial charge on any atom is 0.335 e. The van der Waals surface area contributed by atoms with Crippen molar-refractivity contribution >= 4 is 11.9 Å². The molecule has 6 atom stereocenters. The zero-order valence-corrected chi connectivity index (χ0v) is 21.3. The first-order valence-corrected chi connectivity index (χ1v) is 12.2. The number of ether oxygens (including phenoxy) is 2. The number of carbonyl (C=O) groups is 2. The highest BCUT2D eigenvalue weighted by Crippen LogP contribution is 2.61. The molecule has 0 aromatic carbocycles. The smallest absolute Gasteiger partial charge is 0.335 e. The van der Waals surface area contributed by atoms with Gasteiger partial charge in [-0.25, -0.2) is 9.59 Å². The van der Waals surface area contributed by atoms with Crippen LogP contribution in [0.4, 0.5) is 0 Å². The highest BCUT2D eigenvalue weighted by Gasteiger charge is 2.58. The first-order valence-electron chi connectivity index (χ1n) is 12.2. The van der Waals surface area contributed by atoms with Crippen LogP contribution in [-0.2, 0) is 19.1 Å². The second-order valence-corrected chi connectivity index (χ2v) is 11.5. The Morgan fingerprint density at radius 1 is 0.758 bits per heavy atom. The van der Waals surface area contributed by atoms with Gasteiger partial charge in [0.2, 0.25) is 0 Å². The fraction of sp³-hybridized carbons (Fsp3) is 0.586. The number of allylic oxidation sites excluding steroid dienone is 4. The van der Waals surface area contributed by atoms with Crippen LogP contribution in [0.5, 0.6) is 0 Å². The van der Waals surface area contributed by atoms with Crippen molar-refractivity contribution in [2.45, 2.75) is 79.4 Å². The first kappa shape index (κ1) is 23.8. The van der Waals surface area contributed by atoms with E-state index in [2.05, 4.69) is 39.8 Å². The number of carbonyl (C=O) groups excluding carboxylic acids is 2. The quantitative estimate of drug-likeness (QED) is 0.475. The van der Waals surface area contributed by atoms with Gasteiger partial charge in [0.25, 0.3) is 0 Å². The third kappa shape index (κ3) is 3.86. The molecule has 4 aliphatic rings. The van der Waals surface area contributed by atoms with E-state index in [0.717, 1.165) is 24.0 Å². The lowest BCUT2D eigenvalue weighted by Crippen LogP contribution is -2.40. The van der Waals surface area contributed by atoms with E-state index < -0.39 is 11.2 Å². The summed E-state index contributed by atoms with van der Waals surface area (Å²) in [6.07, 6.45) is 14.0. The Morgan fingerprint density at radius 3 is 1.45 bits per heavy atom. The monoisotopic (exact) mass is 450 g/mol. The molecule has 178 valence electrons. The molecule has 0 aromatic rings. The first-order chi connectivity index (χ1) is 15.3. The predicted molar refractivity (Wildman–Crippen MR) is 130 cm³/mol. The van der Waals surface area contributed by atoms with Gasteiger partial charge in [0.15, 0.2) is 0 Å². The van der Waals surface area contributed by atoms with E-state index >= 15 is 0 Å². The number of fused-ring (bicyclic) bond motifs is 2. The Morgan fingerprint density at radius 2 is 1.12 bits per heavy atom. The van der Waals surface area contributed by atoms with Crippen LogP contribution in [0, 0.1) is 29.1 Å². The van der Waals surface area contributed by atoms with E-state index in [1.54, 1.807) is 0 Å². The standard InChI is InChI=1S/C29H38O4/c1-17-11-13-28(7,19(3)15-17)32-25(30)23-21-9-10-22(27(21,5)6)24(23)26(31)33-29(8)14-12-18(2)16-20(29)4/h11-16,19-22H,9-10H2,1-8H3. The minimum absolute atomic E-state index is 0.00979. The van der Waals surface area contributed by atoms with Crippen molar-refractivity contribution < 1.29 is 19.1 Å². The third-order valence-electron chi connectivity index (χ3n) is 8.78. The Labute approximate surface area is 198 Å². The Hall–Kier alpha value is -2.36. The molecule has 0 aromatic heterocycles. The SMILES string of the molecule is CC1=CC(C)C(C)(OC(=O)C2=C(C(=O)OC3(C)C=CC(C)=CC3C)C3CCC2C3(C)C)C=C1. The summed E-state index contributed by atoms with van der Waals surface area (Å²) in [5.41, 5.74) is 1.76. The van der Waals surface area contributed by atoms with Crippen LogP contribution in [0.3, 0.4) is 0 Å². The summed E-state index contributed by atoms with van der Waals surface area (Å²) in [7, 11) is 0. The average molecular weight is 451 g/mol. The van der Waals surface area contributed by atoms with Gasteiger partial charge in [0.05, 0.1) is 11.1 Å². The lowest BCUT2D eigenvalue weighted by Gasteiger charge is -2.35. The minimum Gasteiger partial charge on any atom is -0.451 e. The molecule has 0 aliphatic heterocycles. The van der Waals surface area contributed by atoms with Crippen LogP contribution in [0.2, 0.25) is 0 Å². The Balaban J connectivity index is 1.66. The molecule has 6 unspecified atom stereocenters. The number of rotatable bonds is 4. The highest BCUT2D eigenvalue weighted by molar-refractivity contribution is 6.03. The second-order valence-electron chi connectivity index (χ2n) is 11.5. The van der Waals surface area contributed by atoms with Gasteiger partial charge in [-0.05, 0) is 69.9 Å². The van der Waals surface area contributed by atoms with E-state index in [1.807, 2.05) is 52.0 Å². The summed E-state index contributed by atoms with van der Waals surface area (Å²) in [4.78, 5) is 27.3. The second kappa shape index (κ2) is 7.85. The van der Waals surface area contributed by atoms with Crippen LogP contribution in [-0.4, -0.2) is 23.1 Å². The van der Waals surface area contributed by atoms with E-state index in [-0.39, 0.29) is 41.0 Å². The summed E-state index contributed by atoms with van der Waals surface area (Å²) < 4.78 is 12.3. The topological polar surface area (TPSA) is 52.6 Å². The van der Waals surface area contributed by atoms with Crippen molar-refractivity contribution in [1.82, 2.24) is 0 Å². The number of esters is 2. The zero-order valence-electron chi connectivity index (χ0n) is 21.3. The summed E-state index contributed by atoms with van der Waals surface area (Å²) in [5.74, 6) is -0.622. The summed E-state index contributed by atoms with van der Waals surface area (Å²) in [5, 5.41) is 0. The fourth-order valence-electron chi connectivity index (χ4n) is 6.12. The molecule has 0 amide bonds. The third-order valence-corrected chi connectivity index (χ3v) is 8.78. The lowest BCUT2D eigenvalue weighted by molar-refractivity contribution is -0.155. The normalized spacial score (nSPS) is 38.8. The summed E-state index contributed by atoms with van der Waals surface area (Å²) in [6, 6.07) is 0. The van der Waals surface area contributed by atoms with Crippen molar-refractivity contribution in [2.24, 2.45) is 29.1 Å². The van der Waals surface area contributed by atoms with E-state index in [0.29, 0.717) is 11.1 Å². The summed E-state index contributed by atoms with van der Waals surface area (Å²) in [6.45, 7) is 16.4. The Bertz CT molecular complexity index is 956. The van der Waals surface area contributed by atoms with Crippen molar-refractivity contribution in [3.8, 4) is 0 Å². The van der Waals surface area contributed by atoms with E-state index in [1.165, 1.54) is 0 Å². The molecule has 0 spiro atoms. The van der Waals surface area contributed by atoms with Crippen molar-refractivity contribution in [1.29, 1.82) is 0 Å². The van der Waals surface area contributed by atoms with Gasteiger partial charge in [0, 0.05) is 11.8 Å². The van der Waals surface area contributed by atoms with Crippen LogP contribution < -0.4 is 0 Å². The van der Waals surface area contributed by atoms with Gasteiger partial charge in [-0.2, -0.15) is 0 Å². The molecular formula is C29H38O4. The fourth-order valence-corrected chi connectivity index (χ4v) is 6.12. The van der Waals surface area contributed by atoms with Crippen molar-refractivity contribution in [2.75, 3.05) is 0 Å². The molecule has 4 heteroatoms. The van der Waals surface area contributed by atoms with Gasteiger partial charge in [-0.1, -0.05) is 63.1 Å². The van der Waals surface area contributed by atoms with Gasteiger partial charge in [-0.15, -0.1) is 0 Å². The molecule has 1 saturated carbocycles.